The highest BCUT2D eigenvalue weighted by atomic mass is 19.4. The summed E-state index contributed by atoms with van der Waals surface area (Å²) < 4.78 is 69.4. The number of pyridine rings is 1. The lowest BCUT2D eigenvalue weighted by Gasteiger charge is -2.32. The molecule has 1 aromatic rings. The fraction of sp³-hybridized carbons (Fsp3) is 0.556. The number of likely N-dealkylation sites (tertiary alicyclic amines) is 1. The number of ether oxygens (including phenoxy) is 1. The molecule has 186 valence electrons. The molecule has 2 saturated heterocycles. The number of aliphatic carboxylic acids is 2. The summed E-state index contributed by atoms with van der Waals surface area (Å²) in [4.78, 5) is 36.0. The Morgan fingerprint density at radius 3 is 1.97 bits per heavy atom. The Hall–Kier alpha value is -2.94. The first kappa shape index (κ1) is 28.1. The predicted octanol–water partition coefficient (Wildman–Crippen LogP) is 1.68. The molecular weight excluding hydrogens is 468 g/mol. The zero-order valence-corrected chi connectivity index (χ0v) is 17.1. The topological polar surface area (TPSA) is 129 Å². The third-order valence-electron chi connectivity index (χ3n) is 4.46. The van der Waals surface area contributed by atoms with E-state index in [1.54, 1.807) is 7.05 Å². The van der Waals surface area contributed by atoms with Gasteiger partial charge in [-0.25, -0.2) is 9.59 Å². The number of halogens is 6. The molecule has 2 bridgehead atoms. The van der Waals surface area contributed by atoms with Gasteiger partial charge in [-0.1, -0.05) is 0 Å². The van der Waals surface area contributed by atoms with Crippen LogP contribution in [0.1, 0.15) is 12.0 Å². The Morgan fingerprint density at radius 2 is 1.55 bits per heavy atom. The number of hydrogen-bond donors (Lipinski definition) is 3. The lowest BCUT2D eigenvalue weighted by molar-refractivity contribution is -0.193. The molecule has 0 aliphatic carbocycles. The molecule has 3 N–H and O–H groups in total. The average Bonchev–Trinajstić information content (AvgIpc) is 3.01. The number of alkyl halides is 6. The van der Waals surface area contributed by atoms with Gasteiger partial charge in [0.05, 0.1) is 18.1 Å². The van der Waals surface area contributed by atoms with Crippen LogP contribution < -0.4 is 5.32 Å². The van der Waals surface area contributed by atoms with Crippen LogP contribution in [-0.2, 0) is 25.7 Å². The van der Waals surface area contributed by atoms with E-state index in [1.165, 1.54) is 5.56 Å². The number of amides is 1. The first-order valence-electron chi connectivity index (χ1n) is 9.23. The highest BCUT2D eigenvalue weighted by Gasteiger charge is 2.44. The van der Waals surface area contributed by atoms with Gasteiger partial charge < -0.3 is 20.3 Å². The Bertz CT molecular complexity index is 781. The minimum atomic E-state index is -5.08. The molecule has 0 spiro atoms. The van der Waals surface area contributed by atoms with Crippen molar-refractivity contribution in [2.75, 3.05) is 20.1 Å². The van der Waals surface area contributed by atoms with Crippen molar-refractivity contribution in [1.82, 2.24) is 15.2 Å². The predicted molar refractivity (Wildman–Crippen MR) is 97.7 cm³/mol. The molecule has 2 aliphatic heterocycles. The number of fused-ring (bicyclic) bond motifs is 2. The van der Waals surface area contributed by atoms with Crippen LogP contribution >= 0.6 is 0 Å². The summed E-state index contributed by atoms with van der Waals surface area (Å²) in [5, 5.41) is 17.0. The largest absolute Gasteiger partial charge is 0.490 e. The summed E-state index contributed by atoms with van der Waals surface area (Å²) in [7, 11) is 1.69. The smallest absolute Gasteiger partial charge is 0.475 e. The SMILES string of the molecule is CNC(=O)C1CC2CN(Cc3ccncc3)CC1O2.O=C(O)C(F)(F)F.O=C(O)C(F)(F)F. The van der Waals surface area contributed by atoms with Gasteiger partial charge in [-0.3, -0.25) is 14.7 Å². The molecule has 2 aliphatic rings. The highest BCUT2D eigenvalue weighted by molar-refractivity contribution is 5.79. The number of carbonyl (C=O) groups is 3. The minimum Gasteiger partial charge on any atom is -0.475 e. The average molecular weight is 489 g/mol. The zero-order valence-electron chi connectivity index (χ0n) is 17.1. The highest BCUT2D eigenvalue weighted by Crippen LogP contribution is 2.32. The van der Waals surface area contributed by atoms with E-state index < -0.39 is 24.3 Å². The van der Waals surface area contributed by atoms with Crippen molar-refractivity contribution in [1.29, 1.82) is 0 Å². The van der Waals surface area contributed by atoms with Crippen LogP contribution in [0.25, 0.3) is 0 Å². The molecule has 2 fully saturated rings. The second-order valence-corrected chi connectivity index (χ2v) is 6.91. The summed E-state index contributed by atoms with van der Waals surface area (Å²) in [6.45, 7) is 2.64. The van der Waals surface area contributed by atoms with Gasteiger partial charge in [0.25, 0.3) is 0 Å². The third-order valence-corrected chi connectivity index (χ3v) is 4.46. The first-order valence-corrected chi connectivity index (χ1v) is 9.23. The lowest BCUT2D eigenvalue weighted by atomic mass is 10.00. The maximum Gasteiger partial charge on any atom is 0.490 e. The van der Waals surface area contributed by atoms with E-state index in [4.69, 9.17) is 24.5 Å². The molecule has 33 heavy (non-hydrogen) atoms. The maximum atomic E-state index is 11.8. The molecule has 0 saturated carbocycles. The third kappa shape index (κ3) is 9.61. The Labute approximate surface area is 183 Å². The van der Waals surface area contributed by atoms with Gasteiger partial charge in [0.1, 0.15) is 0 Å². The molecule has 3 atom stereocenters. The Morgan fingerprint density at radius 1 is 1.06 bits per heavy atom. The van der Waals surface area contributed by atoms with E-state index in [9.17, 15) is 31.1 Å². The minimum absolute atomic E-state index is 0.0115. The van der Waals surface area contributed by atoms with Crippen LogP contribution in [0.15, 0.2) is 24.5 Å². The molecule has 0 radical (unpaired) electrons. The van der Waals surface area contributed by atoms with Gasteiger partial charge in [-0.2, -0.15) is 26.3 Å². The van der Waals surface area contributed by atoms with Gasteiger partial charge >= 0.3 is 24.3 Å². The first-order chi connectivity index (χ1) is 15.1. The number of hydrogen-bond acceptors (Lipinski definition) is 6. The number of nitrogens with zero attached hydrogens (tertiary/aromatic N) is 2. The van der Waals surface area contributed by atoms with Crippen LogP contribution in [0.2, 0.25) is 0 Å². The summed E-state index contributed by atoms with van der Waals surface area (Å²) >= 11 is 0. The van der Waals surface area contributed by atoms with Crippen molar-refractivity contribution in [2.24, 2.45) is 5.92 Å². The van der Waals surface area contributed by atoms with Crippen molar-refractivity contribution < 1.29 is 55.7 Å². The van der Waals surface area contributed by atoms with Crippen LogP contribution in [-0.4, -0.2) is 82.6 Å². The lowest BCUT2D eigenvalue weighted by Crippen LogP contribution is -2.44. The second-order valence-electron chi connectivity index (χ2n) is 6.91. The molecule has 1 amide bonds. The van der Waals surface area contributed by atoms with Crippen molar-refractivity contribution in [3.8, 4) is 0 Å². The molecule has 9 nitrogen and oxygen atoms in total. The van der Waals surface area contributed by atoms with Gasteiger partial charge in [-0.05, 0) is 24.1 Å². The quantitative estimate of drug-likeness (QED) is 0.548. The molecule has 15 heteroatoms. The van der Waals surface area contributed by atoms with E-state index in [-0.39, 0.29) is 24.0 Å². The van der Waals surface area contributed by atoms with Gasteiger partial charge in [0, 0.05) is 39.1 Å². The molecule has 1 aromatic heterocycles. The number of nitrogens with one attached hydrogen (secondary N) is 1. The monoisotopic (exact) mass is 489 g/mol. The molecule has 3 heterocycles. The van der Waals surface area contributed by atoms with Crippen molar-refractivity contribution in [3.05, 3.63) is 30.1 Å². The molecule has 0 aromatic carbocycles. The summed E-state index contributed by atoms with van der Waals surface area (Å²) in [5.41, 5.74) is 1.26. The van der Waals surface area contributed by atoms with Crippen LogP contribution in [0.3, 0.4) is 0 Å². The van der Waals surface area contributed by atoms with Crippen molar-refractivity contribution in [3.63, 3.8) is 0 Å². The fourth-order valence-electron chi connectivity index (χ4n) is 3.07. The van der Waals surface area contributed by atoms with E-state index in [0.29, 0.717) is 0 Å². The molecule has 3 unspecified atom stereocenters. The number of carboxylic acids is 2. The molecule has 3 rings (SSSR count). The Kier molecular flexibility index (Phi) is 10.0. The summed E-state index contributed by atoms with van der Waals surface area (Å²) in [6, 6.07) is 4.07. The van der Waals surface area contributed by atoms with Gasteiger partial charge in [-0.15, -0.1) is 0 Å². The number of carbonyl (C=O) groups excluding carboxylic acids is 1. The van der Waals surface area contributed by atoms with E-state index in [0.717, 1.165) is 26.1 Å². The van der Waals surface area contributed by atoms with Crippen LogP contribution in [0.4, 0.5) is 26.3 Å². The maximum absolute atomic E-state index is 11.8. The normalized spacial score (nSPS) is 22.2. The van der Waals surface area contributed by atoms with Crippen molar-refractivity contribution >= 4 is 17.8 Å². The number of aromatic nitrogens is 1. The number of morpholine rings is 1. The van der Waals surface area contributed by atoms with E-state index in [1.807, 2.05) is 24.5 Å². The number of rotatable bonds is 3. The number of carboxylic acid groups (broad SMARTS) is 2. The fourth-order valence-corrected chi connectivity index (χ4v) is 3.07. The van der Waals surface area contributed by atoms with E-state index in [2.05, 4.69) is 15.2 Å². The summed E-state index contributed by atoms with van der Waals surface area (Å²) in [5.74, 6) is -5.39. The molecular formula is C18H21F6N3O6. The Balaban J connectivity index is 0.000000324. The standard InChI is InChI=1S/C14H19N3O2.2C2HF3O2/c1-15-14(18)12-6-11-8-17(9-13(12)19-11)7-10-2-4-16-5-3-10;2*3-2(4,5)1(6)7/h2-5,11-13H,6-9H2,1H3,(H,15,18);2*(H,6,7). The van der Waals surface area contributed by atoms with E-state index >= 15 is 0 Å². The van der Waals surface area contributed by atoms with Crippen LogP contribution in [0.5, 0.6) is 0 Å². The summed E-state index contributed by atoms with van der Waals surface area (Å²) in [6.07, 6.45) is -5.45. The van der Waals surface area contributed by atoms with Gasteiger partial charge in [0.15, 0.2) is 0 Å². The van der Waals surface area contributed by atoms with Crippen molar-refractivity contribution in [2.45, 2.75) is 37.5 Å². The van der Waals surface area contributed by atoms with Crippen LogP contribution in [0, 0.1) is 5.92 Å². The zero-order chi connectivity index (χ0) is 25.4. The van der Waals surface area contributed by atoms with Gasteiger partial charge in [0.2, 0.25) is 5.91 Å². The second kappa shape index (κ2) is 11.8.